The molecule has 1 aromatic carbocycles. The highest BCUT2D eigenvalue weighted by molar-refractivity contribution is 5.63. The van der Waals surface area contributed by atoms with Crippen LogP contribution in [-0.4, -0.2) is 4.92 Å². The fourth-order valence-electron chi connectivity index (χ4n) is 1.06. The van der Waals surface area contributed by atoms with Crippen molar-refractivity contribution in [3.63, 3.8) is 0 Å². The van der Waals surface area contributed by atoms with Crippen LogP contribution in [0.2, 0.25) is 0 Å². The zero-order chi connectivity index (χ0) is 9.30. The van der Waals surface area contributed by atoms with Gasteiger partial charge < -0.3 is 5.73 Å². The largest absolute Gasteiger partial charge is 0.393 e. The number of nitrogens with zero attached hydrogens (tertiary/aromatic N) is 1. The van der Waals surface area contributed by atoms with Crippen molar-refractivity contribution in [2.45, 2.75) is 13.8 Å². The van der Waals surface area contributed by atoms with Crippen LogP contribution >= 0.6 is 0 Å². The summed E-state index contributed by atoms with van der Waals surface area (Å²) in [4.78, 5) is 10.1. The maximum atomic E-state index is 10.5. The molecule has 4 heteroatoms. The van der Waals surface area contributed by atoms with Gasteiger partial charge in [0.15, 0.2) is 0 Å². The molecule has 1 aromatic rings. The Bertz CT molecular complexity index is 334. The van der Waals surface area contributed by atoms with E-state index in [0.29, 0.717) is 5.56 Å². The second kappa shape index (κ2) is 2.81. The summed E-state index contributed by atoms with van der Waals surface area (Å²) in [5.41, 5.74) is 7.22. The van der Waals surface area contributed by atoms with Crippen molar-refractivity contribution in [3.8, 4) is 0 Å². The van der Waals surface area contributed by atoms with Crippen LogP contribution in [0.15, 0.2) is 12.1 Å². The molecule has 0 amide bonds. The monoisotopic (exact) mass is 166 g/mol. The molecule has 0 unspecified atom stereocenters. The molecule has 4 nitrogen and oxygen atoms in total. The third-order valence-electron chi connectivity index (χ3n) is 1.92. The minimum Gasteiger partial charge on any atom is -0.393 e. The topological polar surface area (TPSA) is 69.2 Å². The first kappa shape index (κ1) is 8.52. The highest BCUT2D eigenvalue weighted by atomic mass is 16.6. The lowest BCUT2D eigenvalue weighted by Crippen LogP contribution is -1.99. The number of anilines is 1. The summed E-state index contributed by atoms with van der Waals surface area (Å²) >= 11 is 0. The quantitative estimate of drug-likeness (QED) is 0.393. The summed E-state index contributed by atoms with van der Waals surface area (Å²) in [5.74, 6) is 0. The first-order valence-corrected chi connectivity index (χ1v) is 3.54. The van der Waals surface area contributed by atoms with E-state index in [9.17, 15) is 10.1 Å². The highest BCUT2D eigenvalue weighted by Crippen LogP contribution is 2.27. The molecule has 0 aliphatic carbocycles. The molecule has 0 heterocycles. The molecule has 2 N–H and O–H groups in total. The molecule has 0 radical (unpaired) electrons. The second-order valence-electron chi connectivity index (χ2n) is 2.70. The molecule has 0 spiro atoms. The molecule has 0 aliphatic rings. The minimum atomic E-state index is -0.447. The van der Waals surface area contributed by atoms with Gasteiger partial charge in [0.25, 0.3) is 5.69 Å². The molecule has 64 valence electrons. The normalized spacial score (nSPS) is 9.83. The van der Waals surface area contributed by atoms with Gasteiger partial charge in [0.2, 0.25) is 0 Å². The molecule has 0 atom stereocenters. The zero-order valence-corrected chi connectivity index (χ0v) is 7.00. The number of nitro groups is 1. The van der Waals surface area contributed by atoms with Gasteiger partial charge in [-0.3, -0.25) is 10.1 Å². The van der Waals surface area contributed by atoms with Crippen LogP contribution in [0.4, 0.5) is 11.4 Å². The summed E-state index contributed by atoms with van der Waals surface area (Å²) in [6.45, 7) is 3.52. The predicted octanol–water partition coefficient (Wildman–Crippen LogP) is 1.79. The van der Waals surface area contributed by atoms with Crippen LogP contribution in [-0.2, 0) is 0 Å². The van der Waals surface area contributed by atoms with E-state index in [2.05, 4.69) is 0 Å². The molecule has 0 saturated heterocycles. The molecule has 0 saturated carbocycles. The minimum absolute atomic E-state index is 0.0231. The fraction of sp³-hybridized carbons (Fsp3) is 0.250. The Morgan fingerprint density at radius 2 is 2.00 bits per heavy atom. The SMILES string of the molecule is Cc1ccc(N)c([N+](=O)[O-])c1C. The molecule has 1 rings (SSSR count). The van der Waals surface area contributed by atoms with Crippen LogP contribution < -0.4 is 5.73 Å². The van der Waals surface area contributed by atoms with Gasteiger partial charge in [0.1, 0.15) is 5.69 Å². The Hall–Kier alpha value is -1.58. The third kappa shape index (κ3) is 1.23. The molecule has 12 heavy (non-hydrogen) atoms. The van der Waals surface area contributed by atoms with Crippen molar-refractivity contribution in [1.29, 1.82) is 0 Å². The summed E-state index contributed by atoms with van der Waals surface area (Å²) < 4.78 is 0. The molecular formula is C8H10N2O2. The lowest BCUT2D eigenvalue weighted by Gasteiger charge is -2.02. The van der Waals surface area contributed by atoms with E-state index in [4.69, 9.17) is 5.73 Å². The van der Waals surface area contributed by atoms with Crippen molar-refractivity contribution < 1.29 is 4.92 Å². The van der Waals surface area contributed by atoms with Crippen LogP contribution in [0.1, 0.15) is 11.1 Å². The lowest BCUT2D eigenvalue weighted by atomic mass is 10.1. The Morgan fingerprint density at radius 3 is 2.42 bits per heavy atom. The Labute approximate surface area is 70.2 Å². The number of benzene rings is 1. The number of hydrogen-bond acceptors (Lipinski definition) is 3. The first-order chi connectivity index (χ1) is 5.54. The first-order valence-electron chi connectivity index (χ1n) is 3.54. The van der Waals surface area contributed by atoms with Gasteiger partial charge in [-0.25, -0.2) is 0 Å². The van der Waals surface area contributed by atoms with Crippen molar-refractivity contribution in [2.75, 3.05) is 5.73 Å². The predicted molar refractivity (Wildman–Crippen MR) is 47.0 cm³/mol. The Kier molecular flexibility index (Phi) is 1.99. The maximum Gasteiger partial charge on any atom is 0.295 e. The smallest absolute Gasteiger partial charge is 0.295 e. The van der Waals surface area contributed by atoms with Gasteiger partial charge in [-0.05, 0) is 25.5 Å². The molecular weight excluding hydrogens is 156 g/mol. The van der Waals surface area contributed by atoms with Crippen molar-refractivity contribution in [2.24, 2.45) is 0 Å². The van der Waals surface area contributed by atoms with Gasteiger partial charge in [-0.1, -0.05) is 6.07 Å². The number of aryl methyl sites for hydroxylation is 1. The standard InChI is InChI=1S/C8H10N2O2/c1-5-3-4-7(9)8(6(5)2)10(11)12/h3-4H,9H2,1-2H3. The van der Waals surface area contributed by atoms with Crippen molar-refractivity contribution >= 4 is 11.4 Å². The molecule has 0 bridgehead atoms. The van der Waals surface area contributed by atoms with E-state index in [-0.39, 0.29) is 11.4 Å². The molecule has 0 aliphatic heterocycles. The Morgan fingerprint density at radius 1 is 1.42 bits per heavy atom. The van der Waals surface area contributed by atoms with E-state index in [1.165, 1.54) is 0 Å². The fourth-order valence-corrected chi connectivity index (χ4v) is 1.06. The van der Waals surface area contributed by atoms with Gasteiger partial charge in [-0.2, -0.15) is 0 Å². The number of nitro benzene ring substituents is 1. The van der Waals surface area contributed by atoms with Gasteiger partial charge in [0.05, 0.1) is 4.92 Å². The average Bonchev–Trinajstić information content (AvgIpc) is 1.97. The molecule has 0 fully saturated rings. The number of rotatable bonds is 1. The van der Waals surface area contributed by atoms with Crippen molar-refractivity contribution in [3.05, 3.63) is 33.4 Å². The Balaban J connectivity index is 3.43. The van der Waals surface area contributed by atoms with Crippen LogP contribution in [0, 0.1) is 24.0 Å². The van der Waals surface area contributed by atoms with Gasteiger partial charge >= 0.3 is 0 Å². The number of nitrogens with two attached hydrogens (primary N) is 1. The van der Waals surface area contributed by atoms with Crippen molar-refractivity contribution in [1.82, 2.24) is 0 Å². The van der Waals surface area contributed by atoms with Crippen LogP contribution in [0.5, 0.6) is 0 Å². The summed E-state index contributed by atoms with van der Waals surface area (Å²) in [7, 11) is 0. The summed E-state index contributed by atoms with van der Waals surface area (Å²) in [5, 5.41) is 10.5. The van der Waals surface area contributed by atoms with Gasteiger partial charge in [0, 0.05) is 5.56 Å². The second-order valence-corrected chi connectivity index (χ2v) is 2.70. The average molecular weight is 166 g/mol. The van der Waals surface area contributed by atoms with Gasteiger partial charge in [-0.15, -0.1) is 0 Å². The zero-order valence-electron chi connectivity index (χ0n) is 7.00. The highest BCUT2D eigenvalue weighted by Gasteiger charge is 2.15. The van der Waals surface area contributed by atoms with Crippen LogP contribution in [0.3, 0.4) is 0 Å². The third-order valence-corrected chi connectivity index (χ3v) is 1.92. The summed E-state index contributed by atoms with van der Waals surface area (Å²) in [6, 6.07) is 3.33. The van der Waals surface area contributed by atoms with E-state index in [1.54, 1.807) is 19.1 Å². The summed E-state index contributed by atoms with van der Waals surface area (Å²) in [6.07, 6.45) is 0. The van der Waals surface area contributed by atoms with E-state index in [1.807, 2.05) is 6.92 Å². The van der Waals surface area contributed by atoms with Crippen LogP contribution in [0.25, 0.3) is 0 Å². The lowest BCUT2D eigenvalue weighted by molar-refractivity contribution is -0.384. The number of nitrogen functional groups attached to an aromatic ring is 1. The maximum absolute atomic E-state index is 10.5. The van der Waals surface area contributed by atoms with E-state index < -0.39 is 4.92 Å². The molecule has 0 aromatic heterocycles. The van der Waals surface area contributed by atoms with E-state index in [0.717, 1.165) is 5.56 Å². The number of hydrogen-bond donors (Lipinski definition) is 1. The van der Waals surface area contributed by atoms with E-state index >= 15 is 0 Å².